The lowest BCUT2D eigenvalue weighted by Gasteiger charge is -2.11. The monoisotopic (exact) mass is 473 g/mol. The van der Waals surface area contributed by atoms with Gasteiger partial charge in [0, 0.05) is 31.9 Å². The highest BCUT2D eigenvalue weighted by Crippen LogP contribution is 2.30. The van der Waals surface area contributed by atoms with Crippen LogP contribution in [0.4, 0.5) is 15.8 Å². The first kappa shape index (κ1) is 22.5. The molecule has 7 N–H and O–H groups in total. The van der Waals surface area contributed by atoms with Crippen molar-refractivity contribution in [3.05, 3.63) is 52.6 Å². The molecule has 178 valence electrons. The number of anilines is 2. The van der Waals surface area contributed by atoms with Crippen molar-refractivity contribution in [1.29, 1.82) is 0 Å². The summed E-state index contributed by atoms with van der Waals surface area (Å²) in [6.07, 6.45) is 5.77. The van der Waals surface area contributed by atoms with Gasteiger partial charge in [0.2, 0.25) is 0 Å². The highest BCUT2D eigenvalue weighted by Gasteiger charge is 2.38. The summed E-state index contributed by atoms with van der Waals surface area (Å²) in [6, 6.07) is 10.1. The second kappa shape index (κ2) is 9.17. The molecule has 1 aliphatic heterocycles. The average molecular weight is 474 g/mol. The molecule has 4 aromatic rings. The van der Waals surface area contributed by atoms with E-state index in [1.165, 1.54) is 12.1 Å². The molecule has 2 aromatic heterocycles. The number of nitrogens with one attached hydrogen (secondary N) is 5. The molecule has 11 heteroatoms. The standard InChI is InChI=1S/C24H24FN9O/c1-2-8-24(33-34-24)29-12-10-27-9-11-28-14-6-7-16-18(13-14)31-22(30-16)20-21(26)19-15(25)4-3-5-17(19)32-23(20)35/h1,3-7,13,27-29H,8-12H2,(H,30,31)(H3,26,32,35). The molecule has 0 atom stereocenters. The summed E-state index contributed by atoms with van der Waals surface area (Å²) in [5.74, 6) is 1.77. The topological polar surface area (TPSA) is 148 Å². The van der Waals surface area contributed by atoms with Gasteiger partial charge >= 0.3 is 0 Å². The Bertz CT molecular complexity index is 1530. The first-order valence-electron chi connectivity index (χ1n) is 11.2. The van der Waals surface area contributed by atoms with Crippen molar-refractivity contribution in [3.63, 3.8) is 0 Å². The summed E-state index contributed by atoms with van der Waals surface area (Å²) < 4.78 is 14.4. The second-order valence-corrected chi connectivity index (χ2v) is 8.22. The number of imidazole rings is 1. The Kier molecular flexibility index (Phi) is 5.90. The number of terminal acetylenes is 1. The summed E-state index contributed by atoms with van der Waals surface area (Å²) in [4.78, 5) is 23.0. The van der Waals surface area contributed by atoms with Crippen molar-refractivity contribution < 1.29 is 4.39 Å². The Hall–Kier alpha value is -4.27. The van der Waals surface area contributed by atoms with Gasteiger partial charge < -0.3 is 26.3 Å². The van der Waals surface area contributed by atoms with Crippen LogP contribution < -0.4 is 27.2 Å². The number of nitrogens with zero attached hydrogens (tertiary/aromatic N) is 3. The molecule has 0 fully saturated rings. The number of fused-ring (bicyclic) bond motifs is 2. The van der Waals surface area contributed by atoms with E-state index in [1.54, 1.807) is 6.07 Å². The first-order chi connectivity index (χ1) is 17.0. The third kappa shape index (κ3) is 4.57. The van der Waals surface area contributed by atoms with Crippen LogP contribution in [0.5, 0.6) is 0 Å². The van der Waals surface area contributed by atoms with Crippen molar-refractivity contribution in [3.8, 4) is 23.7 Å². The predicted molar refractivity (Wildman–Crippen MR) is 134 cm³/mol. The van der Waals surface area contributed by atoms with Crippen molar-refractivity contribution in [2.24, 2.45) is 10.2 Å². The number of hydrogen-bond donors (Lipinski definition) is 6. The van der Waals surface area contributed by atoms with Crippen LogP contribution >= 0.6 is 0 Å². The SMILES string of the molecule is C#CCC1(NCCNCCNc2ccc3[nH]c(-c4c(N)c5c(F)cccc5[nH]c4=O)nc3c2)N=N1. The molecule has 0 bridgehead atoms. The van der Waals surface area contributed by atoms with Gasteiger partial charge in [-0.05, 0) is 30.3 Å². The fourth-order valence-corrected chi connectivity index (χ4v) is 3.98. The van der Waals surface area contributed by atoms with E-state index in [-0.39, 0.29) is 22.5 Å². The zero-order valence-corrected chi connectivity index (χ0v) is 18.8. The van der Waals surface area contributed by atoms with Crippen LogP contribution in [-0.4, -0.2) is 46.9 Å². The van der Waals surface area contributed by atoms with E-state index in [0.717, 1.165) is 24.3 Å². The molecular weight excluding hydrogens is 449 g/mol. The summed E-state index contributed by atoms with van der Waals surface area (Å²) in [5.41, 5.74) is 8.54. The molecule has 0 aliphatic carbocycles. The maximum absolute atomic E-state index is 14.4. The van der Waals surface area contributed by atoms with Crippen LogP contribution in [0.1, 0.15) is 6.42 Å². The number of H-pyrrole nitrogens is 2. The number of aromatic nitrogens is 3. The van der Waals surface area contributed by atoms with E-state index in [1.807, 2.05) is 18.2 Å². The fourth-order valence-electron chi connectivity index (χ4n) is 3.98. The molecule has 2 aromatic carbocycles. The van der Waals surface area contributed by atoms with E-state index >= 15 is 0 Å². The van der Waals surface area contributed by atoms with Gasteiger partial charge in [-0.1, -0.05) is 6.07 Å². The molecule has 0 radical (unpaired) electrons. The van der Waals surface area contributed by atoms with Gasteiger partial charge in [0.15, 0.2) is 0 Å². The molecule has 0 saturated heterocycles. The summed E-state index contributed by atoms with van der Waals surface area (Å²) >= 11 is 0. The molecular formula is C24H24FN9O. The van der Waals surface area contributed by atoms with E-state index in [4.69, 9.17) is 12.2 Å². The normalized spacial score (nSPS) is 13.8. The lowest BCUT2D eigenvalue weighted by molar-refractivity contribution is 0.469. The zero-order valence-electron chi connectivity index (χ0n) is 18.8. The lowest BCUT2D eigenvalue weighted by Crippen LogP contribution is -2.38. The average Bonchev–Trinajstić information content (AvgIpc) is 3.46. The van der Waals surface area contributed by atoms with Crippen LogP contribution in [0.2, 0.25) is 0 Å². The van der Waals surface area contributed by atoms with Crippen molar-refractivity contribution >= 4 is 33.3 Å². The minimum absolute atomic E-state index is 0.0501. The summed E-state index contributed by atoms with van der Waals surface area (Å²) in [6.45, 7) is 2.90. The van der Waals surface area contributed by atoms with E-state index in [9.17, 15) is 9.18 Å². The van der Waals surface area contributed by atoms with Gasteiger partial charge in [0.05, 0.1) is 34.0 Å². The van der Waals surface area contributed by atoms with E-state index in [0.29, 0.717) is 30.5 Å². The lowest BCUT2D eigenvalue weighted by atomic mass is 10.1. The fraction of sp³-hybridized carbons (Fsp3) is 0.250. The predicted octanol–water partition coefficient (Wildman–Crippen LogP) is 2.53. The third-order valence-electron chi connectivity index (χ3n) is 5.78. The Morgan fingerprint density at radius 2 is 1.91 bits per heavy atom. The molecule has 1 aliphatic rings. The highest BCUT2D eigenvalue weighted by atomic mass is 19.1. The zero-order chi connectivity index (χ0) is 24.4. The molecule has 5 rings (SSSR count). The maximum atomic E-state index is 14.4. The van der Waals surface area contributed by atoms with Gasteiger partial charge in [0.1, 0.15) is 17.2 Å². The van der Waals surface area contributed by atoms with E-state index < -0.39 is 17.2 Å². The van der Waals surface area contributed by atoms with Crippen molar-refractivity contribution in [2.45, 2.75) is 12.2 Å². The number of benzene rings is 2. The number of nitrogens with two attached hydrogens (primary N) is 1. The van der Waals surface area contributed by atoms with Crippen molar-refractivity contribution in [1.82, 2.24) is 25.6 Å². The minimum Gasteiger partial charge on any atom is -0.397 e. The van der Waals surface area contributed by atoms with Crippen LogP contribution in [0, 0.1) is 18.2 Å². The number of pyridine rings is 1. The van der Waals surface area contributed by atoms with Crippen LogP contribution in [-0.2, 0) is 0 Å². The Labute approximate surface area is 199 Å². The molecule has 0 spiro atoms. The number of nitrogen functional groups attached to an aromatic ring is 1. The smallest absolute Gasteiger partial charge is 0.261 e. The Morgan fingerprint density at radius 1 is 1.09 bits per heavy atom. The van der Waals surface area contributed by atoms with Crippen LogP contribution in [0.15, 0.2) is 51.4 Å². The van der Waals surface area contributed by atoms with Crippen LogP contribution in [0.25, 0.3) is 33.3 Å². The number of aromatic amines is 2. The number of rotatable bonds is 10. The van der Waals surface area contributed by atoms with Crippen LogP contribution in [0.3, 0.4) is 0 Å². The van der Waals surface area contributed by atoms with Gasteiger partial charge in [-0.3, -0.25) is 10.1 Å². The summed E-state index contributed by atoms with van der Waals surface area (Å²) in [5, 5.41) is 17.9. The Balaban J connectivity index is 1.22. The molecule has 0 amide bonds. The third-order valence-corrected chi connectivity index (χ3v) is 5.78. The number of hydrogen-bond acceptors (Lipinski definition) is 8. The quantitative estimate of drug-likeness (QED) is 0.154. The molecule has 10 nitrogen and oxygen atoms in total. The number of halogens is 1. The van der Waals surface area contributed by atoms with Crippen molar-refractivity contribution in [2.75, 3.05) is 37.2 Å². The molecule has 0 unspecified atom stereocenters. The molecule has 35 heavy (non-hydrogen) atoms. The second-order valence-electron chi connectivity index (χ2n) is 8.22. The van der Waals surface area contributed by atoms with Gasteiger partial charge in [-0.25, -0.2) is 9.37 Å². The maximum Gasteiger partial charge on any atom is 0.261 e. The highest BCUT2D eigenvalue weighted by molar-refractivity contribution is 5.98. The van der Waals surface area contributed by atoms with Gasteiger partial charge in [-0.15, -0.1) is 22.6 Å². The van der Waals surface area contributed by atoms with Gasteiger partial charge in [0.25, 0.3) is 11.3 Å². The Morgan fingerprint density at radius 3 is 2.71 bits per heavy atom. The largest absolute Gasteiger partial charge is 0.397 e. The molecule has 3 heterocycles. The molecule has 0 saturated carbocycles. The van der Waals surface area contributed by atoms with E-state index in [2.05, 4.69) is 47.1 Å². The summed E-state index contributed by atoms with van der Waals surface area (Å²) in [7, 11) is 0. The minimum atomic E-state index is -0.566. The first-order valence-corrected chi connectivity index (χ1v) is 11.2. The van der Waals surface area contributed by atoms with Gasteiger partial charge in [-0.2, -0.15) is 0 Å².